The number of hydrogen-bond donors (Lipinski definition) is 10. The molecule has 5 aliphatic rings. The highest BCUT2D eigenvalue weighted by atomic mass is 16.7. The van der Waals surface area contributed by atoms with Gasteiger partial charge < -0.3 is 69.3 Å². The highest BCUT2D eigenvalue weighted by molar-refractivity contribution is 6.34. The summed E-state index contributed by atoms with van der Waals surface area (Å²) in [5.74, 6) is 0. The fraction of sp³-hybridized carbons (Fsp3) is 0.0581. The van der Waals surface area contributed by atoms with Crippen LogP contribution in [0.3, 0.4) is 0 Å². The maximum Gasteiger partial charge on any atom is 0.771 e. The molecule has 0 aliphatic carbocycles. The summed E-state index contributed by atoms with van der Waals surface area (Å²) in [6, 6.07) is 62.3. The molecule has 0 amide bonds. The van der Waals surface area contributed by atoms with E-state index in [-0.39, 0.29) is 0 Å². The minimum atomic E-state index is -1.92. The van der Waals surface area contributed by atoms with Gasteiger partial charge in [-0.1, -0.05) is 84.3 Å². The molecule has 0 unspecified atom stereocenters. The predicted octanol–water partition coefficient (Wildman–Crippen LogP) is 0.322. The molecule has 0 bridgehead atoms. The molecule has 0 saturated carbocycles. The third-order valence-electron chi connectivity index (χ3n) is 23.5. The number of pyridine rings is 13. The van der Waals surface area contributed by atoms with E-state index in [0.717, 1.165) is 215 Å². The van der Waals surface area contributed by atoms with Gasteiger partial charge in [0.15, 0.2) is 71.5 Å². The monoisotopic (exact) mass is 1630 g/mol. The van der Waals surface area contributed by atoms with Gasteiger partial charge in [0, 0.05) is 118 Å². The Balaban J connectivity index is 0.0000000894. The lowest BCUT2D eigenvalue weighted by molar-refractivity contribution is -0.844. The van der Waals surface area contributed by atoms with Crippen molar-refractivity contribution in [2.75, 3.05) is 0 Å². The van der Waals surface area contributed by atoms with Crippen molar-refractivity contribution in [2.45, 2.75) is 32.7 Å². The Morgan fingerprint density at radius 2 is 0.691 bits per heavy atom. The summed E-state index contributed by atoms with van der Waals surface area (Å²) in [7, 11) is -9.48. The minimum absolute atomic E-state index is 0.720. The highest BCUT2D eigenvalue weighted by Gasteiger charge is 2.45. The van der Waals surface area contributed by atoms with Crippen molar-refractivity contribution in [3.63, 3.8) is 0 Å². The smallest absolute Gasteiger partial charge is 0.421 e. The van der Waals surface area contributed by atoms with E-state index < -0.39 is 36.6 Å². The second kappa shape index (κ2) is 28.3. The third-order valence-corrected chi connectivity index (χ3v) is 23.5. The lowest BCUT2D eigenvalue weighted by Crippen LogP contribution is -2.50. The van der Waals surface area contributed by atoms with E-state index in [1.54, 1.807) is 49.6 Å². The van der Waals surface area contributed by atoms with Crippen molar-refractivity contribution < 1.29 is 119 Å². The summed E-state index contributed by atoms with van der Waals surface area (Å²) in [5, 5.41) is 102. The molecule has 17 aromatic heterocycles. The van der Waals surface area contributed by atoms with Gasteiger partial charge in [-0.15, -0.1) is 18.3 Å². The molecular formula is C86H66B5N17O15+10. The number of fused-ring (bicyclic) bond motifs is 15. The molecule has 0 spiro atoms. The molecule has 22 heterocycles. The van der Waals surface area contributed by atoms with Crippen LogP contribution < -0.4 is 68.9 Å². The summed E-state index contributed by atoms with van der Waals surface area (Å²) in [5.41, 5.74) is 25.8. The van der Waals surface area contributed by atoms with Crippen LogP contribution in [-0.4, -0.2) is 121 Å². The molecule has 0 atom stereocenters. The Kier molecular flexibility index (Phi) is 16.8. The van der Waals surface area contributed by atoms with Crippen molar-refractivity contribution in [1.29, 1.82) is 0 Å². The van der Waals surface area contributed by atoms with Gasteiger partial charge in [0.1, 0.15) is 33.0 Å². The summed E-state index contributed by atoms with van der Waals surface area (Å²) in [4.78, 5) is 13.6. The van der Waals surface area contributed by atoms with Gasteiger partial charge in [-0.2, -0.15) is 4.57 Å². The van der Waals surface area contributed by atoms with Crippen molar-refractivity contribution >= 4 is 179 Å². The van der Waals surface area contributed by atoms with Crippen LogP contribution in [0, 0.1) is 0 Å². The standard InChI is InChI=1S/C21H16BN3O3.C20H15BN4O3.C16H12BN3O3.C15H12BN3O3.C14H11BN4O3/c26-22(27)28-24-11-10-15-12-23-13-18(14-6-2-1-3-7-14)25-17-9-5-4-8-16(17)20(24)19(15)21(23)25;26-21(27)28-24-10-8-14-11-23-12-16(13-5-2-1-3-6-13)25-15-7-4-9-22-18(15)19(24)17(14)20(23)25;21-17(22)23-20-8-5-10-9-19-7-2-4-12-11-3-1-6-18-14(11)16(20)13(10)15(12)19;20-16(21)22-19-6-5-10-9-17-7-8-18-12-4-2-1-3-11(12)14(19)13(10)15(17)18;20-15(21)22-19-5-3-9-8-17-6-7-18-10-2-1-4-16-12(10)13(19)11(9)14(17)18/h1-11,13,26-27H,12H2;1-10,12,26-27H,11H2;1-8,21-22H,9H2;1-8,20-21H,9H2;1-7,20-21H,8H2/q5*+2. The first-order chi connectivity index (χ1) is 60.2. The maximum absolute atomic E-state index is 9.39. The fourth-order valence-corrected chi connectivity index (χ4v) is 19.0. The van der Waals surface area contributed by atoms with Crippen LogP contribution in [0.1, 0.15) is 27.8 Å². The number of rotatable bonds is 12. The van der Waals surface area contributed by atoms with Gasteiger partial charge in [-0.25, -0.2) is 33.9 Å². The van der Waals surface area contributed by atoms with Crippen molar-refractivity contribution in [3.8, 4) is 22.5 Å². The second-order valence-corrected chi connectivity index (χ2v) is 30.3. The Morgan fingerprint density at radius 3 is 1.24 bits per heavy atom. The quantitative estimate of drug-likeness (QED) is 0.0447. The Labute approximate surface area is 692 Å². The van der Waals surface area contributed by atoms with E-state index in [9.17, 15) is 50.2 Å². The predicted molar refractivity (Wildman–Crippen MR) is 444 cm³/mol. The molecule has 32 nitrogen and oxygen atoms in total. The Bertz CT molecular complexity index is 7890. The van der Waals surface area contributed by atoms with Gasteiger partial charge in [0.05, 0.1) is 27.3 Å². The average Bonchev–Trinajstić information content (AvgIpc) is 1.60. The normalized spacial score (nSPS) is 12.6. The maximum atomic E-state index is 9.39. The molecule has 123 heavy (non-hydrogen) atoms. The molecule has 0 fully saturated rings. The van der Waals surface area contributed by atoms with Crippen molar-refractivity contribution in [3.05, 3.63) is 309 Å². The molecular weight excluding hydrogens is 1570 g/mol. The number of nitrogens with zero attached hydrogens (tertiary/aromatic N) is 17. The molecule has 590 valence electrons. The third kappa shape index (κ3) is 11.4. The number of aromatic nitrogens is 17. The van der Waals surface area contributed by atoms with Gasteiger partial charge in [0.2, 0.25) is 71.0 Å². The molecule has 22 aromatic rings. The van der Waals surface area contributed by atoms with E-state index in [4.69, 9.17) is 23.8 Å². The van der Waals surface area contributed by atoms with Crippen molar-refractivity contribution in [1.82, 2.24) is 33.9 Å². The lowest BCUT2D eigenvalue weighted by atomic mass is 10.0. The van der Waals surface area contributed by atoms with Crippen LogP contribution in [0.5, 0.6) is 0 Å². The zero-order valence-electron chi connectivity index (χ0n) is 64.6. The lowest BCUT2D eigenvalue weighted by Gasteiger charge is -2.12. The molecule has 27 rings (SSSR count). The molecule has 0 radical (unpaired) electrons. The number of hydrogen-bond acceptors (Lipinski definition) is 18. The SMILES string of the molecule is OB(O)O[n+]1ccc2c3c4c(ccc[n+]4C2)c2cccnc2c31.OB(O)On1ccc2c3c1c1ccccc1[n+]1c(-c4ccccc4)c[n+](c31)C2.OB(O)On1ccc2c3c1c1ccccc1[n+]1cc[n+](c31)C2.OB(O)On1ccc2c3c1c1ncccc1[n+]1c(-c4ccccc4)c[n+](c31)C2.OB(O)On1ccc2c3c1c1ncccc1[n+]1cc[n+](c31)C2. The summed E-state index contributed by atoms with van der Waals surface area (Å²) in [6.07, 6.45) is 28.3. The molecule has 10 N–H and O–H groups in total. The molecule has 37 heteroatoms. The van der Waals surface area contributed by atoms with Crippen LogP contribution in [0.25, 0.3) is 165 Å². The number of imidazole rings is 4. The van der Waals surface area contributed by atoms with E-state index in [0.29, 0.717) is 0 Å². The van der Waals surface area contributed by atoms with Gasteiger partial charge in [-0.05, 0) is 84.9 Å². The van der Waals surface area contributed by atoms with E-state index in [1.807, 2.05) is 164 Å². The largest absolute Gasteiger partial charge is 0.771 e. The molecule has 5 aromatic carbocycles. The molecule has 5 aliphatic heterocycles. The van der Waals surface area contributed by atoms with E-state index >= 15 is 0 Å². The van der Waals surface area contributed by atoms with Crippen LogP contribution in [0.4, 0.5) is 0 Å². The van der Waals surface area contributed by atoms with Gasteiger partial charge in [0.25, 0.3) is 16.9 Å². The van der Waals surface area contributed by atoms with Crippen LogP contribution >= 0.6 is 0 Å². The first-order valence-electron chi connectivity index (χ1n) is 39.4. The molecule has 0 saturated heterocycles. The summed E-state index contributed by atoms with van der Waals surface area (Å²) in [6.45, 7) is 3.87. The number of benzene rings is 5. The van der Waals surface area contributed by atoms with Crippen LogP contribution in [0.2, 0.25) is 0 Å². The average molecular weight is 1630 g/mol. The topological polar surface area (TPSA) is 347 Å². The van der Waals surface area contributed by atoms with Crippen LogP contribution in [0.15, 0.2) is 281 Å². The zero-order valence-corrected chi connectivity index (χ0v) is 64.6. The first kappa shape index (κ1) is 73.2. The van der Waals surface area contributed by atoms with Crippen LogP contribution in [-0.2, 0) is 32.7 Å². The van der Waals surface area contributed by atoms with Crippen molar-refractivity contribution in [2.24, 2.45) is 0 Å². The highest BCUT2D eigenvalue weighted by Crippen LogP contribution is 2.39. The Morgan fingerprint density at radius 1 is 0.293 bits per heavy atom. The van der Waals surface area contributed by atoms with E-state index in [1.165, 1.54) is 34.8 Å². The minimum Gasteiger partial charge on any atom is -0.421 e. The van der Waals surface area contributed by atoms with Gasteiger partial charge in [-0.3, -0.25) is 4.76 Å². The van der Waals surface area contributed by atoms with Gasteiger partial charge >= 0.3 is 59.2 Å². The Hall–Kier alpha value is -15.0. The summed E-state index contributed by atoms with van der Waals surface area (Å²) < 4.78 is 52.7. The number of para-hydroxylation sites is 2. The fourth-order valence-electron chi connectivity index (χ4n) is 19.0. The van der Waals surface area contributed by atoms with E-state index in [2.05, 4.69) is 123 Å². The zero-order chi connectivity index (χ0) is 82.9. The first-order valence-corrected chi connectivity index (χ1v) is 39.4. The second-order valence-electron chi connectivity index (χ2n) is 30.3. The summed E-state index contributed by atoms with van der Waals surface area (Å²) >= 11 is 0.